The highest BCUT2D eigenvalue weighted by Crippen LogP contribution is 2.19. The number of hydrogen-bond acceptors (Lipinski definition) is 3. The average molecular weight is 264 g/mol. The Labute approximate surface area is 117 Å². The van der Waals surface area contributed by atoms with E-state index in [1.807, 2.05) is 14.0 Å². The van der Waals surface area contributed by atoms with E-state index in [1.54, 1.807) is 0 Å². The van der Waals surface area contributed by atoms with Crippen LogP contribution < -0.4 is 15.4 Å². The van der Waals surface area contributed by atoms with Crippen molar-refractivity contribution in [1.82, 2.24) is 10.6 Å². The maximum atomic E-state index is 5.56. The van der Waals surface area contributed by atoms with E-state index in [2.05, 4.69) is 49.6 Å². The fourth-order valence-corrected chi connectivity index (χ4v) is 2.23. The van der Waals surface area contributed by atoms with Crippen LogP contribution in [0.4, 0.5) is 0 Å². The summed E-state index contributed by atoms with van der Waals surface area (Å²) in [5.41, 5.74) is 2.71. The lowest BCUT2D eigenvalue weighted by atomic mass is 10.0. The molecule has 108 valence electrons. The predicted molar refractivity (Wildman–Crippen MR) is 82.1 cm³/mol. The second-order valence-corrected chi connectivity index (χ2v) is 5.62. The zero-order valence-corrected chi connectivity index (χ0v) is 13.0. The van der Waals surface area contributed by atoms with Gasteiger partial charge in [-0.25, -0.2) is 0 Å². The van der Waals surface area contributed by atoms with Crippen LogP contribution in [-0.4, -0.2) is 32.3 Å². The van der Waals surface area contributed by atoms with E-state index in [0.717, 1.165) is 31.9 Å². The van der Waals surface area contributed by atoms with Gasteiger partial charge in [-0.1, -0.05) is 12.1 Å². The van der Waals surface area contributed by atoms with E-state index >= 15 is 0 Å². The lowest BCUT2D eigenvalue weighted by molar-refractivity contribution is 0.337. The van der Waals surface area contributed by atoms with Crippen molar-refractivity contribution in [3.63, 3.8) is 0 Å². The fourth-order valence-electron chi connectivity index (χ4n) is 2.23. The Kier molecular flexibility index (Phi) is 6.32. The van der Waals surface area contributed by atoms with Gasteiger partial charge < -0.3 is 15.4 Å². The normalized spacial score (nSPS) is 11.6. The van der Waals surface area contributed by atoms with Crippen molar-refractivity contribution in [1.29, 1.82) is 0 Å². The molecule has 0 atom stereocenters. The summed E-state index contributed by atoms with van der Waals surface area (Å²) in [6.07, 6.45) is 1.04. The highest BCUT2D eigenvalue weighted by molar-refractivity contribution is 5.36. The number of rotatable bonds is 8. The minimum absolute atomic E-state index is 0.134. The Hall–Kier alpha value is -1.06. The third kappa shape index (κ3) is 5.62. The minimum Gasteiger partial charge on any atom is -0.494 e. The molecule has 0 amide bonds. The lowest BCUT2D eigenvalue weighted by Crippen LogP contribution is -2.47. The van der Waals surface area contributed by atoms with Crippen LogP contribution >= 0.6 is 0 Å². The first-order chi connectivity index (χ1) is 8.98. The van der Waals surface area contributed by atoms with Crippen molar-refractivity contribution in [2.75, 3.05) is 26.7 Å². The van der Waals surface area contributed by atoms with Crippen LogP contribution in [0.5, 0.6) is 5.75 Å². The molecule has 0 heterocycles. The Morgan fingerprint density at radius 3 is 2.58 bits per heavy atom. The number of hydrogen-bond donors (Lipinski definition) is 2. The molecule has 0 fully saturated rings. The van der Waals surface area contributed by atoms with E-state index in [1.165, 1.54) is 11.1 Å². The number of likely N-dealkylation sites (N-methyl/N-ethyl adjacent to an activating group) is 1. The van der Waals surface area contributed by atoms with Gasteiger partial charge >= 0.3 is 0 Å². The summed E-state index contributed by atoms with van der Waals surface area (Å²) in [6.45, 7) is 11.2. The van der Waals surface area contributed by atoms with Crippen molar-refractivity contribution in [2.24, 2.45) is 0 Å². The summed E-state index contributed by atoms with van der Waals surface area (Å²) in [4.78, 5) is 0. The molecule has 3 nitrogen and oxygen atoms in total. The Morgan fingerprint density at radius 2 is 2.00 bits per heavy atom. The van der Waals surface area contributed by atoms with Gasteiger partial charge in [0.15, 0.2) is 0 Å². The highest BCUT2D eigenvalue weighted by atomic mass is 16.5. The molecule has 0 aliphatic carbocycles. The first-order valence-corrected chi connectivity index (χ1v) is 7.10. The molecule has 0 aliphatic rings. The average Bonchev–Trinajstić information content (AvgIpc) is 2.32. The Morgan fingerprint density at radius 1 is 1.26 bits per heavy atom. The predicted octanol–water partition coefficient (Wildman–Crippen LogP) is 2.52. The van der Waals surface area contributed by atoms with Gasteiger partial charge in [0.05, 0.1) is 6.61 Å². The fraction of sp³-hybridized carbons (Fsp3) is 0.625. The molecule has 1 rings (SSSR count). The largest absolute Gasteiger partial charge is 0.494 e. The maximum absolute atomic E-state index is 5.56. The molecule has 0 spiro atoms. The van der Waals surface area contributed by atoms with E-state index in [4.69, 9.17) is 4.74 Å². The van der Waals surface area contributed by atoms with Crippen LogP contribution in [0.3, 0.4) is 0 Å². The minimum atomic E-state index is 0.134. The Balaban J connectivity index is 2.48. The van der Waals surface area contributed by atoms with Gasteiger partial charge in [-0.05, 0) is 64.9 Å². The molecular formula is C16H28N2O. The second-order valence-electron chi connectivity index (χ2n) is 5.62. The molecule has 0 aromatic heterocycles. The smallest absolute Gasteiger partial charge is 0.122 e. The van der Waals surface area contributed by atoms with Gasteiger partial charge in [-0.2, -0.15) is 0 Å². The van der Waals surface area contributed by atoms with E-state index < -0.39 is 0 Å². The highest BCUT2D eigenvalue weighted by Gasteiger charge is 2.14. The second kappa shape index (κ2) is 7.51. The van der Waals surface area contributed by atoms with Gasteiger partial charge in [0.25, 0.3) is 0 Å². The zero-order valence-electron chi connectivity index (χ0n) is 13.0. The van der Waals surface area contributed by atoms with Crippen LogP contribution in [-0.2, 0) is 6.42 Å². The molecule has 0 saturated heterocycles. The summed E-state index contributed by atoms with van der Waals surface area (Å²) in [5, 5.41) is 6.78. The zero-order chi connectivity index (χ0) is 14.3. The van der Waals surface area contributed by atoms with Crippen molar-refractivity contribution >= 4 is 0 Å². The van der Waals surface area contributed by atoms with Gasteiger partial charge in [0.1, 0.15) is 5.75 Å². The topological polar surface area (TPSA) is 33.3 Å². The number of aryl methyl sites for hydroxylation is 1. The third-order valence-electron chi connectivity index (χ3n) is 3.18. The standard InChI is InChI=1S/C16H28N2O/c1-6-19-15-8-7-14(11-13(15)2)9-10-18-16(3,4)12-17-5/h7-8,11,17-18H,6,9-10,12H2,1-5H3. The van der Waals surface area contributed by atoms with Crippen molar-refractivity contribution < 1.29 is 4.74 Å². The molecule has 0 aliphatic heterocycles. The third-order valence-corrected chi connectivity index (χ3v) is 3.18. The summed E-state index contributed by atoms with van der Waals surface area (Å²) < 4.78 is 5.56. The van der Waals surface area contributed by atoms with Crippen LogP contribution in [0.15, 0.2) is 18.2 Å². The molecule has 1 aromatic rings. The summed E-state index contributed by atoms with van der Waals surface area (Å²) >= 11 is 0. The summed E-state index contributed by atoms with van der Waals surface area (Å²) in [5.74, 6) is 0.995. The van der Waals surface area contributed by atoms with Crippen molar-refractivity contribution in [2.45, 2.75) is 39.7 Å². The monoisotopic (exact) mass is 264 g/mol. The van der Waals surface area contributed by atoms with E-state index in [0.29, 0.717) is 0 Å². The van der Waals surface area contributed by atoms with Crippen LogP contribution in [0, 0.1) is 6.92 Å². The number of ether oxygens (including phenoxy) is 1. The Bertz CT molecular complexity index is 388. The SMILES string of the molecule is CCOc1ccc(CCNC(C)(C)CNC)cc1C. The van der Waals surface area contributed by atoms with Gasteiger partial charge in [-0.3, -0.25) is 0 Å². The summed E-state index contributed by atoms with van der Waals surface area (Å²) in [6, 6.07) is 6.45. The molecule has 3 heteroatoms. The van der Waals surface area contributed by atoms with Gasteiger partial charge in [-0.15, -0.1) is 0 Å². The van der Waals surface area contributed by atoms with Gasteiger partial charge in [0.2, 0.25) is 0 Å². The van der Waals surface area contributed by atoms with Crippen LogP contribution in [0.1, 0.15) is 31.9 Å². The van der Waals surface area contributed by atoms with Crippen molar-refractivity contribution in [3.8, 4) is 5.75 Å². The molecule has 1 aromatic carbocycles. The quantitative estimate of drug-likeness (QED) is 0.757. The van der Waals surface area contributed by atoms with Crippen LogP contribution in [0.25, 0.3) is 0 Å². The number of nitrogens with one attached hydrogen (secondary N) is 2. The lowest BCUT2D eigenvalue weighted by Gasteiger charge is -2.26. The van der Waals surface area contributed by atoms with Gasteiger partial charge in [0, 0.05) is 12.1 Å². The molecule has 0 radical (unpaired) electrons. The van der Waals surface area contributed by atoms with Crippen molar-refractivity contribution in [3.05, 3.63) is 29.3 Å². The van der Waals surface area contributed by atoms with Crippen LogP contribution in [0.2, 0.25) is 0 Å². The first-order valence-electron chi connectivity index (χ1n) is 7.10. The molecule has 19 heavy (non-hydrogen) atoms. The first kappa shape index (κ1) is 16.0. The maximum Gasteiger partial charge on any atom is 0.122 e. The molecule has 0 bridgehead atoms. The number of benzene rings is 1. The molecule has 0 saturated carbocycles. The van der Waals surface area contributed by atoms with E-state index in [-0.39, 0.29) is 5.54 Å². The summed E-state index contributed by atoms with van der Waals surface area (Å²) in [7, 11) is 1.99. The molecule has 2 N–H and O–H groups in total. The molecule has 0 unspecified atom stereocenters. The van der Waals surface area contributed by atoms with E-state index in [9.17, 15) is 0 Å². The molecular weight excluding hydrogens is 236 g/mol.